The van der Waals surface area contributed by atoms with Gasteiger partial charge in [0.1, 0.15) is 5.60 Å². The van der Waals surface area contributed by atoms with Gasteiger partial charge in [0.2, 0.25) is 0 Å². The summed E-state index contributed by atoms with van der Waals surface area (Å²) in [5, 5.41) is 8.19. The van der Waals surface area contributed by atoms with E-state index < -0.39 is 27.9 Å². The maximum atomic E-state index is 12.0. The summed E-state index contributed by atoms with van der Waals surface area (Å²) in [5.74, 6) is 0. The predicted molar refractivity (Wildman–Crippen MR) is 116 cm³/mol. The Morgan fingerprint density at radius 3 is 2.40 bits per heavy atom. The number of hydrogen-bond donors (Lipinski definition) is 3. The molecule has 0 aliphatic carbocycles. The molecule has 1 rings (SSSR count). The lowest BCUT2D eigenvalue weighted by molar-refractivity contribution is 0.0484. The van der Waals surface area contributed by atoms with E-state index in [0.29, 0.717) is 25.8 Å². The van der Waals surface area contributed by atoms with Crippen LogP contribution in [0.4, 0.5) is 15.3 Å². The lowest BCUT2D eigenvalue weighted by atomic mass is 10.1. The molecule has 0 radical (unpaired) electrons. The van der Waals surface area contributed by atoms with E-state index >= 15 is 0 Å². The third kappa shape index (κ3) is 12.3. The highest BCUT2D eigenvalue weighted by atomic mass is 32.2. The number of anilines is 1. The number of nitrogens with one attached hydrogen (secondary N) is 3. The summed E-state index contributed by atoms with van der Waals surface area (Å²) in [6, 6.07) is 6.64. The van der Waals surface area contributed by atoms with E-state index in [1.54, 1.807) is 20.8 Å². The van der Waals surface area contributed by atoms with E-state index in [1.807, 2.05) is 31.2 Å². The Bertz CT molecular complexity index is 805. The normalized spacial score (nSPS) is 12.7. The molecule has 0 aromatic heterocycles. The summed E-state index contributed by atoms with van der Waals surface area (Å²) in [7, 11) is -3.63. The monoisotopic (exact) mass is 443 g/mol. The maximum Gasteiger partial charge on any atom is 0.407 e. The molecule has 1 aromatic rings. The fraction of sp³-hybridized carbons (Fsp3) is 0.600. The van der Waals surface area contributed by atoms with Crippen LogP contribution in [0.3, 0.4) is 0 Å². The van der Waals surface area contributed by atoms with Gasteiger partial charge >= 0.3 is 12.1 Å². The van der Waals surface area contributed by atoms with Gasteiger partial charge < -0.3 is 20.7 Å². The molecule has 0 aliphatic heterocycles. The number of amides is 3. The number of carbonyl (C=O) groups excluding carboxylic acids is 2. The van der Waals surface area contributed by atoms with Crippen molar-refractivity contribution in [1.82, 2.24) is 10.6 Å². The van der Waals surface area contributed by atoms with Crippen molar-refractivity contribution in [2.75, 3.05) is 24.7 Å². The average Bonchev–Trinajstić information content (AvgIpc) is 2.59. The Morgan fingerprint density at radius 2 is 1.80 bits per heavy atom. The molecule has 3 amide bonds. The highest BCUT2D eigenvalue weighted by Gasteiger charge is 2.20. The second kappa shape index (κ2) is 11.8. The van der Waals surface area contributed by atoms with Gasteiger partial charge in [-0.25, -0.2) is 9.59 Å². The van der Waals surface area contributed by atoms with Gasteiger partial charge in [-0.1, -0.05) is 18.2 Å². The second-order valence-corrected chi connectivity index (χ2v) is 9.67. The van der Waals surface area contributed by atoms with Crippen molar-refractivity contribution in [2.45, 2.75) is 58.6 Å². The molecule has 0 saturated heterocycles. The summed E-state index contributed by atoms with van der Waals surface area (Å²) < 4.78 is 32.5. The summed E-state index contributed by atoms with van der Waals surface area (Å²) in [6.07, 6.45) is 2.06. The molecular formula is C20H33N3O6S. The first-order chi connectivity index (χ1) is 13.9. The number of hydrogen-bond acceptors (Lipinski definition) is 6. The molecule has 0 bridgehead atoms. The number of benzene rings is 1. The Hall–Kier alpha value is -2.33. The standard InChI is InChI=1S/C20H33N3O6S/c1-15-10-6-7-12-17(15)23-18(24)21-13-9-8-11-16(14-28-30(5,26)27)22-19(25)29-20(2,3)4/h6-7,10,12,16H,8-9,11,13-14H2,1-5H3,(H,22,25)(H2,21,23,24)/t16-/m0/s1. The van der Waals surface area contributed by atoms with Crippen LogP contribution in [0.1, 0.15) is 45.6 Å². The number of carbonyl (C=O) groups is 2. The van der Waals surface area contributed by atoms with Gasteiger partial charge in [-0.2, -0.15) is 8.42 Å². The molecule has 170 valence electrons. The Morgan fingerprint density at radius 1 is 1.13 bits per heavy atom. The Labute approximate surface area is 179 Å². The van der Waals surface area contributed by atoms with Crippen LogP contribution < -0.4 is 16.0 Å². The van der Waals surface area contributed by atoms with Crippen molar-refractivity contribution in [3.8, 4) is 0 Å². The lowest BCUT2D eigenvalue weighted by Crippen LogP contribution is -2.42. The fourth-order valence-electron chi connectivity index (χ4n) is 2.47. The van der Waals surface area contributed by atoms with E-state index in [4.69, 9.17) is 8.92 Å². The minimum absolute atomic E-state index is 0.181. The molecule has 3 N–H and O–H groups in total. The molecule has 0 spiro atoms. The summed E-state index contributed by atoms with van der Waals surface area (Å²) in [4.78, 5) is 23.9. The zero-order valence-electron chi connectivity index (χ0n) is 18.3. The number of aryl methyl sites for hydroxylation is 1. The zero-order chi connectivity index (χ0) is 22.8. The third-order valence-corrected chi connectivity index (χ3v) is 4.43. The van der Waals surface area contributed by atoms with Crippen LogP contribution in [-0.2, 0) is 19.0 Å². The molecule has 0 aliphatic rings. The first-order valence-corrected chi connectivity index (χ1v) is 11.6. The van der Waals surface area contributed by atoms with Crippen LogP contribution in [0.25, 0.3) is 0 Å². The SMILES string of the molecule is Cc1ccccc1NC(=O)NCCCC[C@@H](COS(C)(=O)=O)NC(=O)OC(C)(C)C. The van der Waals surface area contributed by atoms with Crippen LogP contribution >= 0.6 is 0 Å². The van der Waals surface area contributed by atoms with E-state index in [9.17, 15) is 18.0 Å². The van der Waals surface area contributed by atoms with Crippen molar-refractivity contribution in [2.24, 2.45) is 0 Å². The highest BCUT2D eigenvalue weighted by molar-refractivity contribution is 7.85. The summed E-state index contributed by atoms with van der Waals surface area (Å²) in [6.45, 7) is 7.38. The van der Waals surface area contributed by atoms with E-state index in [1.165, 1.54) is 0 Å². The van der Waals surface area contributed by atoms with Crippen LogP contribution in [-0.4, -0.2) is 51.6 Å². The average molecular weight is 444 g/mol. The van der Waals surface area contributed by atoms with Gasteiger partial charge in [0.15, 0.2) is 0 Å². The predicted octanol–water partition coefficient (Wildman–Crippen LogP) is 3.16. The van der Waals surface area contributed by atoms with Crippen molar-refractivity contribution >= 4 is 27.9 Å². The first kappa shape index (κ1) is 25.7. The largest absolute Gasteiger partial charge is 0.444 e. The number of unbranched alkanes of at least 4 members (excludes halogenated alkanes) is 1. The van der Waals surface area contributed by atoms with Crippen LogP contribution in [0.15, 0.2) is 24.3 Å². The van der Waals surface area contributed by atoms with Gasteiger partial charge in [-0.15, -0.1) is 0 Å². The van der Waals surface area contributed by atoms with Crippen molar-refractivity contribution in [3.05, 3.63) is 29.8 Å². The van der Waals surface area contributed by atoms with E-state index in [2.05, 4.69) is 16.0 Å². The molecule has 1 aromatic carbocycles. The number of rotatable bonds is 10. The number of alkyl carbamates (subject to hydrolysis) is 1. The molecule has 0 saturated carbocycles. The zero-order valence-corrected chi connectivity index (χ0v) is 19.1. The van der Waals surface area contributed by atoms with Crippen LogP contribution in [0, 0.1) is 6.92 Å². The number of ether oxygens (including phenoxy) is 1. The Kier molecular flexibility index (Phi) is 10.1. The molecule has 9 nitrogen and oxygen atoms in total. The molecule has 0 unspecified atom stereocenters. The quantitative estimate of drug-likeness (QED) is 0.377. The van der Waals surface area contributed by atoms with Crippen LogP contribution in [0.2, 0.25) is 0 Å². The Balaban J connectivity index is 2.41. The fourth-order valence-corrected chi connectivity index (χ4v) is 2.89. The minimum Gasteiger partial charge on any atom is -0.444 e. The van der Waals surface area contributed by atoms with Crippen molar-refractivity contribution < 1.29 is 26.9 Å². The van der Waals surface area contributed by atoms with Gasteiger partial charge in [0, 0.05) is 12.2 Å². The van der Waals surface area contributed by atoms with Gasteiger partial charge in [-0.3, -0.25) is 4.18 Å². The number of urea groups is 1. The molecule has 30 heavy (non-hydrogen) atoms. The molecule has 10 heteroatoms. The van der Waals surface area contributed by atoms with E-state index in [-0.39, 0.29) is 12.6 Å². The lowest BCUT2D eigenvalue weighted by Gasteiger charge is -2.23. The van der Waals surface area contributed by atoms with Crippen molar-refractivity contribution in [1.29, 1.82) is 0 Å². The van der Waals surface area contributed by atoms with Gasteiger partial charge in [0.25, 0.3) is 10.1 Å². The number of para-hydroxylation sites is 1. The smallest absolute Gasteiger partial charge is 0.407 e. The summed E-state index contributed by atoms with van der Waals surface area (Å²) >= 11 is 0. The maximum absolute atomic E-state index is 12.0. The van der Waals surface area contributed by atoms with E-state index in [0.717, 1.165) is 17.5 Å². The second-order valence-electron chi connectivity index (χ2n) is 8.02. The van der Waals surface area contributed by atoms with Gasteiger partial charge in [-0.05, 0) is 58.6 Å². The molecule has 0 heterocycles. The first-order valence-electron chi connectivity index (χ1n) is 9.80. The molecular weight excluding hydrogens is 410 g/mol. The summed E-state index contributed by atoms with van der Waals surface area (Å²) in [5.41, 5.74) is 1.05. The third-order valence-electron chi connectivity index (χ3n) is 3.86. The molecule has 0 fully saturated rings. The highest BCUT2D eigenvalue weighted by Crippen LogP contribution is 2.13. The van der Waals surface area contributed by atoms with Crippen molar-refractivity contribution in [3.63, 3.8) is 0 Å². The molecule has 1 atom stereocenters. The van der Waals surface area contributed by atoms with Gasteiger partial charge in [0.05, 0.1) is 18.9 Å². The minimum atomic E-state index is -3.63. The van der Waals surface area contributed by atoms with Crippen LogP contribution in [0.5, 0.6) is 0 Å². The topological polar surface area (TPSA) is 123 Å².